The van der Waals surface area contributed by atoms with Crippen LogP contribution in [0.2, 0.25) is 0 Å². The summed E-state index contributed by atoms with van der Waals surface area (Å²) in [5, 5.41) is 48.0. The maximum Gasteiger partial charge on any atom is 0.417 e. The number of hydrogen-bond acceptors (Lipinski definition) is 14. The maximum atomic E-state index is 13.6. The highest BCUT2D eigenvalue weighted by molar-refractivity contribution is 5.98. The molecule has 20 rings (SSSR count). The summed E-state index contributed by atoms with van der Waals surface area (Å²) in [5.41, 5.74) is 8.24. The quantitative estimate of drug-likeness (QED) is 0.0253. The van der Waals surface area contributed by atoms with Crippen molar-refractivity contribution in [2.45, 2.75) is 366 Å². The minimum absolute atomic E-state index is 0. The number of carbonyl (C=O) groups excluding carboxylic acids is 5. The van der Waals surface area contributed by atoms with E-state index in [0.29, 0.717) is 73.8 Å². The molecule has 1 unspecified atom stereocenters. The van der Waals surface area contributed by atoms with E-state index in [1.54, 1.807) is 17.3 Å². The number of nitrogens with zero attached hydrogens (tertiary/aromatic N) is 9. The predicted molar refractivity (Wildman–Crippen MR) is 575 cm³/mol. The predicted octanol–water partition coefficient (Wildman–Crippen LogP) is 25.2. The van der Waals surface area contributed by atoms with Gasteiger partial charge < -0.3 is 50.0 Å². The molecule has 0 saturated heterocycles. The van der Waals surface area contributed by atoms with Crippen LogP contribution in [0, 0.1) is 5.92 Å². The van der Waals surface area contributed by atoms with E-state index in [4.69, 9.17) is 5.11 Å². The first-order chi connectivity index (χ1) is 71.9. The topological polar surface area (TPSA) is 254 Å². The zero-order chi connectivity index (χ0) is 105. The monoisotopic (exact) mass is 2060 g/mol. The lowest BCUT2D eigenvalue weighted by molar-refractivity contribution is -0.138. The molecule has 10 aliphatic rings. The van der Waals surface area contributed by atoms with Crippen molar-refractivity contribution in [2.75, 3.05) is 33.0 Å². The molecule has 10 fully saturated rings. The van der Waals surface area contributed by atoms with Gasteiger partial charge in [-0.1, -0.05) is 150 Å². The Bertz CT molecular complexity index is 5740. The highest BCUT2D eigenvalue weighted by atomic mass is 19.4. The number of alkyl halides is 6. The number of rotatable bonds is 31. The standard InChI is InChI=1S/C29H32N2O2.C27H36N2O2.2C24H27F3N2O2.C20H29NO2.CH4/c32-21-19-29(27-8-4-5-20-30-27)17-15-26(16-18-29)31(25-13-14-25)28(33)24-11-9-23(10-12-24)22-6-2-1-3-7-22;1-26(2,3)21-9-7-20(8-10-21)25(31)29(22-11-12-22)23-13-15-27(16-14-23,17-19-30)24-6-4-5-18-28-24;25-24(26,27)20-6-2-1-5-19(20)22(31)29(17-8-9-17)18-10-12-23(13-11-18,14-16-30)21-7-3-4-15-28-21;25-24(26,27)18-6-4-17(5-7-18)22(31)29(19-8-9-19)20-10-12-23(13-11-20,14-16-30)21-3-1-2-15-28-21;1-15(17-5-3-2-4-6-17)20(23)21(19-11-12-19)18-9-7-16(8-10-18)13-14-22;/h1-12,20,25-26,32H,13-19,21H2;4-10,18,22-23,30H,11-17,19H2,1-3H3;1-7,15,17-18,30H,8-14,16H2;1-7,15,19-20,30H,8-14,16H2;2-6,15-16,18-19,22H,7-14H2,1H3;1H4. The third kappa shape index (κ3) is 28.0. The average molecular weight is 2060 g/mol. The molecule has 802 valence electrons. The van der Waals surface area contributed by atoms with Gasteiger partial charge in [-0.05, 0) is 374 Å². The number of pyridine rings is 4. The average Bonchev–Trinajstić information content (AvgIpc) is 1.78. The van der Waals surface area contributed by atoms with Crippen LogP contribution in [0.1, 0.15) is 352 Å². The van der Waals surface area contributed by atoms with Gasteiger partial charge in [0.05, 0.1) is 22.6 Å². The van der Waals surface area contributed by atoms with E-state index in [2.05, 4.69) is 116 Å². The molecule has 1 atom stereocenters. The van der Waals surface area contributed by atoms with Gasteiger partial charge in [0.15, 0.2) is 0 Å². The molecule has 0 aliphatic heterocycles. The minimum Gasteiger partial charge on any atom is -0.396 e. The fourth-order valence-corrected chi connectivity index (χ4v) is 24.6. The Morgan fingerprint density at radius 1 is 0.307 bits per heavy atom. The number of carbonyl (C=O) groups is 5. The fourth-order valence-electron chi connectivity index (χ4n) is 24.6. The number of benzene rings is 6. The SMILES string of the molecule is C.CC(C(=O)N(C1CCC(CCO)CC1)C1CC1)c1ccccc1.CC(C)(C)c1ccc(C(=O)N(C2CC2)C2CCC(CCO)(c3ccccn3)CC2)cc1.O=C(c1ccc(-c2ccccc2)cc1)N(C1CC1)C1CCC(CCO)(c2ccccn2)CC1.O=C(c1ccc(C(F)(F)F)cc1)N(C1CC1)C1CCC(CCO)(c2ccccn2)CC1.O=C(c1ccccc1C(F)(F)F)N(C1CC1)C1CCC(CCO)(c2ccccn2)CC1. The second kappa shape index (κ2) is 50.9. The summed E-state index contributed by atoms with van der Waals surface area (Å²) in [7, 11) is 0. The van der Waals surface area contributed by atoms with Gasteiger partial charge in [-0.2, -0.15) is 26.3 Å². The van der Waals surface area contributed by atoms with Crippen LogP contribution >= 0.6 is 0 Å². The largest absolute Gasteiger partial charge is 0.417 e. The van der Waals surface area contributed by atoms with Crippen molar-refractivity contribution < 1.29 is 75.8 Å². The summed E-state index contributed by atoms with van der Waals surface area (Å²) in [4.78, 5) is 95.3. The zero-order valence-corrected chi connectivity index (χ0v) is 87.0. The first-order valence-corrected chi connectivity index (χ1v) is 54.9. The third-order valence-electron chi connectivity index (χ3n) is 33.9. The lowest BCUT2D eigenvalue weighted by atomic mass is 9.68. The zero-order valence-electron chi connectivity index (χ0n) is 87.0. The number of halogens is 6. The van der Waals surface area contributed by atoms with Gasteiger partial charge >= 0.3 is 12.4 Å². The molecule has 4 aromatic heterocycles. The summed E-state index contributed by atoms with van der Waals surface area (Å²) >= 11 is 0. The molecule has 19 nitrogen and oxygen atoms in total. The van der Waals surface area contributed by atoms with E-state index in [9.17, 15) is 70.7 Å². The molecular weight excluding hydrogens is 1900 g/mol. The molecule has 4 heterocycles. The normalized spacial score (nSPS) is 23.9. The van der Waals surface area contributed by atoms with Crippen molar-refractivity contribution in [2.24, 2.45) is 5.92 Å². The van der Waals surface area contributed by atoms with E-state index in [1.165, 1.54) is 48.7 Å². The maximum absolute atomic E-state index is 13.6. The first-order valence-electron chi connectivity index (χ1n) is 54.9. The van der Waals surface area contributed by atoms with Gasteiger partial charge in [0.2, 0.25) is 5.91 Å². The van der Waals surface area contributed by atoms with E-state index in [0.717, 1.165) is 255 Å². The van der Waals surface area contributed by atoms with Crippen LogP contribution < -0.4 is 0 Å². The number of aliphatic hydroxyl groups excluding tert-OH is 5. The Morgan fingerprint density at radius 3 is 0.873 bits per heavy atom. The van der Waals surface area contributed by atoms with Crippen LogP contribution in [0.5, 0.6) is 0 Å². The molecule has 0 radical (unpaired) electrons. The summed E-state index contributed by atoms with van der Waals surface area (Å²) < 4.78 is 79.1. The Balaban J connectivity index is 0.000000140. The van der Waals surface area contributed by atoms with Crippen LogP contribution in [0.3, 0.4) is 0 Å². The van der Waals surface area contributed by atoms with E-state index < -0.39 is 29.4 Å². The number of aromatic nitrogens is 4. The highest BCUT2D eigenvalue weighted by Gasteiger charge is 2.51. The molecule has 10 saturated carbocycles. The van der Waals surface area contributed by atoms with Crippen LogP contribution in [-0.2, 0) is 44.2 Å². The lowest BCUT2D eigenvalue weighted by Gasteiger charge is -2.43. The summed E-state index contributed by atoms with van der Waals surface area (Å²) in [6, 6.07) is 72.4. The number of hydrogen-bond donors (Lipinski definition) is 5. The van der Waals surface area contributed by atoms with Crippen LogP contribution in [0.4, 0.5) is 26.3 Å². The van der Waals surface area contributed by atoms with E-state index >= 15 is 0 Å². The van der Waals surface area contributed by atoms with Gasteiger partial charge in [-0.3, -0.25) is 43.9 Å². The van der Waals surface area contributed by atoms with Crippen molar-refractivity contribution >= 4 is 29.5 Å². The van der Waals surface area contributed by atoms with Crippen molar-refractivity contribution in [3.63, 3.8) is 0 Å². The fraction of sp³-hybridized carbons (Fsp3) is 0.512. The molecule has 5 N–H and O–H groups in total. The third-order valence-corrected chi connectivity index (χ3v) is 33.9. The molecule has 0 bridgehead atoms. The smallest absolute Gasteiger partial charge is 0.396 e. The Hall–Kier alpha value is -11.4. The van der Waals surface area contributed by atoms with Gasteiger partial charge in [0.25, 0.3) is 23.6 Å². The highest BCUT2D eigenvalue weighted by Crippen LogP contribution is 2.52. The Morgan fingerprint density at radius 2 is 0.580 bits per heavy atom. The molecule has 25 heteroatoms. The van der Waals surface area contributed by atoms with Crippen LogP contribution in [0.25, 0.3) is 11.1 Å². The molecule has 6 aromatic carbocycles. The number of amides is 5. The van der Waals surface area contributed by atoms with E-state index in [1.807, 2.05) is 146 Å². The molecular formula is C125H155F6N9O10. The summed E-state index contributed by atoms with van der Waals surface area (Å²) in [6.07, 6.45) is 30.5. The summed E-state index contributed by atoms with van der Waals surface area (Å²) in [5.74, 6) is 0.548. The Kier molecular flexibility index (Phi) is 38.3. The molecule has 150 heavy (non-hydrogen) atoms. The first kappa shape index (κ1) is 113. The summed E-state index contributed by atoms with van der Waals surface area (Å²) in [6.45, 7) is 9.40. The van der Waals surface area contributed by atoms with Gasteiger partial charge in [0.1, 0.15) is 0 Å². The molecule has 10 aliphatic carbocycles. The number of aliphatic hydroxyl groups is 5. The van der Waals surface area contributed by atoms with Crippen molar-refractivity contribution in [1.82, 2.24) is 44.4 Å². The Labute approximate surface area is 883 Å². The molecule has 10 aromatic rings. The van der Waals surface area contributed by atoms with Crippen molar-refractivity contribution in [3.05, 3.63) is 323 Å². The van der Waals surface area contributed by atoms with Gasteiger partial charge in [-0.15, -0.1) is 0 Å². The van der Waals surface area contributed by atoms with Gasteiger partial charge in [0, 0.05) is 179 Å². The minimum atomic E-state index is -4.57. The van der Waals surface area contributed by atoms with Gasteiger partial charge in [-0.25, -0.2) is 0 Å². The van der Waals surface area contributed by atoms with Crippen LogP contribution in [0.15, 0.2) is 255 Å². The molecule has 0 spiro atoms. The van der Waals surface area contributed by atoms with Crippen molar-refractivity contribution in [3.8, 4) is 11.1 Å². The molecule has 5 amide bonds. The van der Waals surface area contributed by atoms with E-state index in [-0.39, 0.29) is 126 Å². The van der Waals surface area contributed by atoms with Crippen LogP contribution in [-0.4, -0.2) is 193 Å². The lowest BCUT2D eigenvalue weighted by Crippen LogP contribution is -2.47. The second-order valence-corrected chi connectivity index (χ2v) is 44.8. The van der Waals surface area contributed by atoms with Crippen molar-refractivity contribution in [1.29, 1.82) is 0 Å². The second-order valence-electron chi connectivity index (χ2n) is 44.8.